The Hall–Kier alpha value is -2.47. The molecule has 0 bridgehead atoms. The molecule has 20 heavy (non-hydrogen) atoms. The zero-order chi connectivity index (χ0) is 15.7. The quantitative estimate of drug-likeness (QED) is 0.736. The number of rotatable bonds is 4. The molecule has 0 aliphatic carbocycles. The maximum Gasteiger partial charge on any atom is 0.373 e. The second-order valence-corrected chi connectivity index (χ2v) is 3.56. The zero-order valence-corrected chi connectivity index (χ0v) is 11.9. The van der Waals surface area contributed by atoms with Crippen LogP contribution >= 0.6 is 0 Å². The number of nitrogens with zero attached hydrogens (tertiary/aromatic N) is 2. The molecule has 0 N–H and O–H groups in total. The van der Waals surface area contributed by atoms with Crippen LogP contribution in [0.5, 0.6) is 11.9 Å². The van der Waals surface area contributed by atoms with Gasteiger partial charge in [-0.3, -0.25) is 4.79 Å². The average Bonchev–Trinajstić information content (AvgIpc) is 2.46. The first-order chi connectivity index (χ1) is 9.46. The highest BCUT2D eigenvalue weighted by molar-refractivity contribution is 5.77. The number of hydrogen-bond acceptors (Lipinski definition) is 8. The molecule has 0 amide bonds. The highest BCUT2D eigenvalue weighted by Gasteiger charge is 2.23. The lowest BCUT2D eigenvalue weighted by Crippen LogP contribution is -2.15. The number of esters is 1. The van der Waals surface area contributed by atoms with Crippen molar-refractivity contribution in [1.82, 2.24) is 9.97 Å². The van der Waals surface area contributed by atoms with Crippen molar-refractivity contribution in [2.75, 3.05) is 21.3 Å². The van der Waals surface area contributed by atoms with E-state index in [-0.39, 0.29) is 18.1 Å². The van der Waals surface area contributed by atoms with Crippen LogP contribution in [-0.2, 0) is 19.1 Å². The van der Waals surface area contributed by atoms with E-state index in [2.05, 4.69) is 14.7 Å². The standard InChI is InChI=1S/C11H16N2O4.CO2/c1-6-8(7(2)10(14)16-4)12-11(17-5)13-9(6)15-3;2-1-3/h7H,1-5H3;. The minimum absolute atomic E-state index is 0.165. The van der Waals surface area contributed by atoms with Crippen molar-refractivity contribution in [3.63, 3.8) is 0 Å². The summed E-state index contributed by atoms with van der Waals surface area (Å²) in [5.41, 5.74) is 1.24. The van der Waals surface area contributed by atoms with Crippen molar-refractivity contribution >= 4 is 12.1 Å². The van der Waals surface area contributed by atoms with E-state index in [4.69, 9.17) is 19.1 Å². The van der Waals surface area contributed by atoms with Gasteiger partial charge in [0, 0.05) is 5.56 Å². The molecule has 0 saturated carbocycles. The van der Waals surface area contributed by atoms with E-state index in [1.807, 2.05) is 0 Å². The molecule has 1 aromatic rings. The molecule has 110 valence electrons. The van der Waals surface area contributed by atoms with Crippen LogP contribution in [0.3, 0.4) is 0 Å². The number of carbonyl (C=O) groups is 1. The fourth-order valence-electron chi connectivity index (χ4n) is 1.49. The summed E-state index contributed by atoms with van der Waals surface area (Å²) in [6.45, 7) is 3.49. The third kappa shape index (κ3) is 4.33. The maximum atomic E-state index is 11.5. The number of ether oxygens (including phenoxy) is 3. The maximum absolute atomic E-state index is 11.5. The molecule has 1 heterocycles. The van der Waals surface area contributed by atoms with Gasteiger partial charge >= 0.3 is 18.1 Å². The molecule has 1 rings (SSSR count). The normalized spacial score (nSPS) is 10.4. The van der Waals surface area contributed by atoms with Crippen molar-refractivity contribution in [2.24, 2.45) is 0 Å². The first-order valence-corrected chi connectivity index (χ1v) is 5.50. The lowest BCUT2D eigenvalue weighted by atomic mass is 10.0. The third-order valence-electron chi connectivity index (χ3n) is 2.46. The van der Waals surface area contributed by atoms with Gasteiger partial charge in [0.1, 0.15) is 0 Å². The lowest BCUT2D eigenvalue weighted by Gasteiger charge is -2.14. The minimum Gasteiger partial charge on any atom is -0.481 e. The van der Waals surface area contributed by atoms with Gasteiger partial charge in [0.25, 0.3) is 0 Å². The van der Waals surface area contributed by atoms with E-state index in [1.54, 1.807) is 13.8 Å². The Morgan fingerprint density at radius 1 is 1.15 bits per heavy atom. The van der Waals surface area contributed by atoms with Gasteiger partial charge in [-0.15, -0.1) is 0 Å². The molecular formula is C12H16N2O6. The predicted molar refractivity (Wildman–Crippen MR) is 65.3 cm³/mol. The largest absolute Gasteiger partial charge is 0.481 e. The molecule has 0 radical (unpaired) electrons. The molecule has 8 heteroatoms. The van der Waals surface area contributed by atoms with Crippen molar-refractivity contribution in [2.45, 2.75) is 19.8 Å². The minimum atomic E-state index is -0.495. The van der Waals surface area contributed by atoms with Gasteiger partial charge < -0.3 is 14.2 Å². The van der Waals surface area contributed by atoms with Gasteiger partial charge in [0.05, 0.1) is 32.9 Å². The Labute approximate surface area is 116 Å². The van der Waals surface area contributed by atoms with Crippen LogP contribution in [-0.4, -0.2) is 43.4 Å². The predicted octanol–water partition coefficient (Wildman–Crippen LogP) is 0.495. The summed E-state index contributed by atoms with van der Waals surface area (Å²) in [4.78, 5) is 35.9. The Kier molecular flexibility index (Phi) is 7.54. The molecule has 0 aromatic carbocycles. The molecule has 0 saturated heterocycles. The van der Waals surface area contributed by atoms with Crippen molar-refractivity contribution in [1.29, 1.82) is 0 Å². The van der Waals surface area contributed by atoms with E-state index in [0.717, 1.165) is 0 Å². The molecule has 1 aromatic heterocycles. The van der Waals surface area contributed by atoms with Gasteiger partial charge in [-0.05, 0) is 13.8 Å². The summed E-state index contributed by atoms with van der Waals surface area (Å²) in [5, 5.41) is 0. The van der Waals surface area contributed by atoms with Crippen molar-refractivity contribution in [3.05, 3.63) is 11.3 Å². The van der Waals surface area contributed by atoms with Crippen LogP contribution in [0.4, 0.5) is 0 Å². The smallest absolute Gasteiger partial charge is 0.373 e. The van der Waals surface area contributed by atoms with Gasteiger partial charge in [-0.2, -0.15) is 19.6 Å². The summed E-state index contributed by atoms with van der Waals surface area (Å²) >= 11 is 0. The van der Waals surface area contributed by atoms with Gasteiger partial charge in [0.15, 0.2) is 0 Å². The second kappa shape index (κ2) is 8.60. The molecule has 0 fully saturated rings. The van der Waals surface area contributed by atoms with E-state index in [9.17, 15) is 4.79 Å². The van der Waals surface area contributed by atoms with Gasteiger partial charge in [-0.1, -0.05) is 0 Å². The Bertz CT molecular complexity index is 497. The number of hydrogen-bond donors (Lipinski definition) is 0. The zero-order valence-electron chi connectivity index (χ0n) is 11.9. The lowest BCUT2D eigenvalue weighted by molar-refractivity contribution is -0.191. The van der Waals surface area contributed by atoms with Crippen LogP contribution in [0.25, 0.3) is 0 Å². The Morgan fingerprint density at radius 2 is 1.70 bits per heavy atom. The van der Waals surface area contributed by atoms with Gasteiger partial charge in [0.2, 0.25) is 5.88 Å². The number of methoxy groups -OCH3 is 3. The first kappa shape index (κ1) is 17.5. The molecular weight excluding hydrogens is 268 g/mol. The third-order valence-corrected chi connectivity index (χ3v) is 2.46. The monoisotopic (exact) mass is 284 g/mol. The molecule has 0 aliphatic heterocycles. The van der Waals surface area contributed by atoms with Crippen LogP contribution in [0, 0.1) is 6.92 Å². The topological polar surface area (TPSA) is 105 Å². The highest BCUT2D eigenvalue weighted by atomic mass is 16.5. The van der Waals surface area contributed by atoms with E-state index >= 15 is 0 Å². The van der Waals surface area contributed by atoms with Crippen molar-refractivity contribution in [3.8, 4) is 11.9 Å². The molecule has 0 spiro atoms. The Morgan fingerprint density at radius 3 is 2.10 bits per heavy atom. The van der Waals surface area contributed by atoms with Crippen LogP contribution in [0.2, 0.25) is 0 Å². The summed E-state index contributed by atoms with van der Waals surface area (Å²) in [5.74, 6) is -0.468. The molecule has 8 nitrogen and oxygen atoms in total. The average molecular weight is 284 g/mol. The summed E-state index contributed by atoms with van der Waals surface area (Å²) in [6.07, 6.45) is 0.250. The van der Waals surface area contributed by atoms with E-state index < -0.39 is 5.92 Å². The van der Waals surface area contributed by atoms with Crippen LogP contribution < -0.4 is 9.47 Å². The van der Waals surface area contributed by atoms with Crippen LogP contribution in [0.1, 0.15) is 24.1 Å². The molecule has 0 aliphatic rings. The van der Waals surface area contributed by atoms with E-state index in [0.29, 0.717) is 17.1 Å². The number of aromatic nitrogens is 2. The fourth-order valence-corrected chi connectivity index (χ4v) is 1.49. The van der Waals surface area contributed by atoms with Gasteiger partial charge in [-0.25, -0.2) is 0 Å². The summed E-state index contributed by atoms with van der Waals surface area (Å²) in [7, 11) is 4.29. The van der Waals surface area contributed by atoms with Crippen molar-refractivity contribution < 1.29 is 28.6 Å². The van der Waals surface area contributed by atoms with E-state index in [1.165, 1.54) is 21.3 Å². The summed E-state index contributed by atoms with van der Waals surface area (Å²) < 4.78 is 14.8. The molecule has 1 atom stereocenters. The van der Waals surface area contributed by atoms with Crippen LogP contribution in [0.15, 0.2) is 0 Å². The summed E-state index contributed by atoms with van der Waals surface area (Å²) in [6, 6.07) is 0.165. The second-order valence-electron chi connectivity index (χ2n) is 3.56. The highest BCUT2D eigenvalue weighted by Crippen LogP contribution is 2.26. The Balaban J connectivity index is 0.00000110. The fraction of sp³-hybridized carbons (Fsp3) is 0.500. The first-order valence-electron chi connectivity index (χ1n) is 5.50. The number of carbonyl (C=O) groups excluding carboxylic acids is 3. The SMILES string of the molecule is COC(=O)C(C)c1nc(OC)nc(OC)c1C.O=C=O. The molecule has 1 unspecified atom stereocenters.